The summed E-state index contributed by atoms with van der Waals surface area (Å²) in [5.41, 5.74) is 7.39. The first-order valence-corrected chi connectivity index (χ1v) is 9.65. The van der Waals surface area contributed by atoms with Gasteiger partial charge in [0.2, 0.25) is 5.91 Å². The second-order valence-electron chi connectivity index (χ2n) is 8.74. The number of nitrogens with two attached hydrogens (primary N) is 1. The van der Waals surface area contributed by atoms with E-state index in [2.05, 4.69) is 0 Å². The van der Waals surface area contributed by atoms with E-state index in [9.17, 15) is 14.4 Å². The molecule has 0 radical (unpaired) electrons. The average Bonchev–Trinajstić information content (AvgIpc) is 3.00. The van der Waals surface area contributed by atoms with Gasteiger partial charge in [0.15, 0.2) is 0 Å². The van der Waals surface area contributed by atoms with Crippen LogP contribution in [0.15, 0.2) is 12.1 Å². The first kappa shape index (κ1) is 21.3. The molecule has 29 heavy (non-hydrogen) atoms. The number of hydrogen-bond donors (Lipinski definition) is 2. The normalized spacial score (nSPS) is 20.7. The maximum atomic E-state index is 12.9. The number of aryl methyl sites for hydroxylation is 1. The molecule has 1 fully saturated rings. The Kier molecular flexibility index (Phi) is 5.25. The fraction of sp³-hybridized carbons (Fsp3) is 0.550. The predicted molar refractivity (Wildman–Crippen MR) is 107 cm³/mol. The molecule has 156 valence electrons. The van der Waals surface area contributed by atoms with Crippen LogP contribution in [0.3, 0.4) is 0 Å². The van der Waals surface area contributed by atoms with Gasteiger partial charge in [-0.25, -0.2) is 0 Å². The van der Waals surface area contributed by atoms with Gasteiger partial charge >= 0.3 is 13.1 Å². The van der Waals surface area contributed by atoms with Crippen LogP contribution in [0.1, 0.15) is 62.0 Å². The molecule has 0 spiro atoms. The summed E-state index contributed by atoms with van der Waals surface area (Å²) >= 11 is 0. The maximum absolute atomic E-state index is 12.9. The Bertz CT molecular complexity index is 866. The molecular weight excluding hydrogens is 375 g/mol. The van der Waals surface area contributed by atoms with Gasteiger partial charge in [0.05, 0.1) is 11.2 Å². The molecule has 2 heterocycles. The van der Waals surface area contributed by atoms with Gasteiger partial charge in [0.1, 0.15) is 6.04 Å². The number of carboxylic acids is 1. The van der Waals surface area contributed by atoms with E-state index in [0.29, 0.717) is 5.56 Å². The molecule has 0 bridgehead atoms. The van der Waals surface area contributed by atoms with Crippen LogP contribution in [0.4, 0.5) is 0 Å². The van der Waals surface area contributed by atoms with Crippen molar-refractivity contribution in [1.29, 1.82) is 0 Å². The molecule has 2 amide bonds. The zero-order chi connectivity index (χ0) is 21.7. The van der Waals surface area contributed by atoms with E-state index in [0.717, 1.165) is 16.6 Å². The van der Waals surface area contributed by atoms with E-state index in [4.69, 9.17) is 20.1 Å². The minimum Gasteiger partial charge on any atom is -0.481 e. The number of carbonyl (C=O) groups excluding carboxylic acids is 2. The number of nitrogens with zero attached hydrogens (tertiary/aromatic N) is 1. The molecular formula is C20H27BN2O6. The smallest absolute Gasteiger partial charge is 0.481 e. The molecule has 9 heteroatoms. The number of primary amides is 1. The number of aliphatic carboxylic acids is 1. The van der Waals surface area contributed by atoms with E-state index in [1.807, 2.05) is 40.7 Å². The van der Waals surface area contributed by atoms with E-state index >= 15 is 0 Å². The molecule has 1 atom stereocenters. The van der Waals surface area contributed by atoms with Gasteiger partial charge in [-0.15, -0.1) is 0 Å². The Morgan fingerprint density at radius 2 is 1.83 bits per heavy atom. The van der Waals surface area contributed by atoms with Crippen molar-refractivity contribution in [3.05, 3.63) is 28.8 Å². The fourth-order valence-corrected chi connectivity index (χ4v) is 3.70. The molecule has 0 aromatic heterocycles. The lowest BCUT2D eigenvalue weighted by Gasteiger charge is -2.32. The van der Waals surface area contributed by atoms with Crippen LogP contribution in [0.2, 0.25) is 0 Å². The van der Waals surface area contributed by atoms with Crippen molar-refractivity contribution in [3.8, 4) is 0 Å². The number of carbonyl (C=O) groups is 3. The molecule has 1 aromatic rings. The van der Waals surface area contributed by atoms with Crippen molar-refractivity contribution in [1.82, 2.24) is 4.90 Å². The van der Waals surface area contributed by atoms with Gasteiger partial charge in [0.25, 0.3) is 5.91 Å². The predicted octanol–water partition coefficient (Wildman–Crippen LogP) is 0.969. The standard InChI is InChI=1S/C20H27BN2O6/c1-11-8-13-12(9-14(11)21-28-19(2,3)20(4,5)29-21)10-23(18(13)27)15(17(22)26)6-7-16(24)25/h8-9,15H,6-7,10H2,1-5H3,(H2,22,26)(H,24,25). The maximum Gasteiger partial charge on any atom is 0.495 e. The van der Waals surface area contributed by atoms with E-state index in [1.54, 1.807) is 6.07 Å². The van der Waals surface area contributed by atoms with Crippen molar-refractivity contribution in [2.75, 3.05) is 0 Å². The number of fused-ring (bicyclic) bond motifs is 1. The van der Waals surface area contributed by atoms with Gasteiger partial charge in [0, 0.05) is 18.5 Å². The Morgan fingerprint density at radius 3 is 2.34 bits per heavy atom. The number of amides is 2. The summed E-state index contributed by atoms with van der Waals surface area (Å²) < 4.78 is 12.3. The highest BCUT2D eigenvalue weighted by molar-refractivity contribution is 6.62. The Hall–Kier alpha value is -2.39. The monoisotopic (exact) mass is 402 g/mol. The van der Waals surface area contributed by atoms with Gasteiger partial charge in [-0.3, -0.25) is 14.4 Å². The first-order valence-electron chi connectivity index (χ1n) is 9.65. The molecule has 8 nitrogen and oxygen atoms in total. The van der Waals surface area contributed by atoms with Crippen LogP contribution >= 0.6 is 0 Å². The molecule has 0 saturated carbocycles. The van der Waals surface area contributed by atoms with Gasteiger partial charge < -0.3 is 25.0 Å². The summed E-state index contributed by atoms with van der Waals surface area (Å²) in [7, 11) is -0.562. The molecule has 2 aliphatic heterocycles. The minimum absolute atomic E-state index is 0.0204. The van der Waals surface area contributed by atoms with Crippen molar-refractivity contribution in [2.45, 2.75) is 71.2 Å². The summed E-state index contributed by atoms with van der Waals surface area (Å²) in [6.07, 6.45) is -0.264. The lowest BCUT2D eigenvalue weighted by atomic mass is 9.75. The molecule has 2 aliphatic rings. The van der Waals surface area contributed by atoms with E-state index < -0.39 is 36.2 Å². The number of hydrogen-bond acceptors (Lipinski definition) is 5. The Balaban J connectivity index is 1.89. The number of carboxylic acid groups (broad SMARTS) is 1. The molecule has 1 unspecified atom stereocenters. The summed E-state index contributed by atoms with van der Waals surface area (Å²) in [4.78, 5) is 37.0. The zero-order valence-electron chi connectivity index (χ0n) is 17.4. The summed E-state index contributed by atoms with van der Waals surface area (Å²) in [5.74, 6) is -2.08. The quantitative estimate of drug-likeness (QED) is 0.685. The lowest BCUT2D eigenvalue weighted by Crippen LogP contribution is -2.45. The molecule has 1 saturated heterocycles. The van der Waals surface area contributed by atoms with E-state index in [-0.39, 0.29) is 25.3 Å². The van der Waals surface area contributed by atoms with Crippen LogP contribution in [-0.4, -0.2) is 52.2 Å². The molecule has 1 aromatic carbocycles. The number of benzene rings is 1. The zero-order valence-corrected chi connectivity index (χ0v) is 17.4. The van der Waals surface area contributed by atoms with Gasteiger partial charge in [-0.1, -0.05) is 11.6 Å². The summed E-state index contributed by atoms with van der Waals surface area (Å²) in [6.45, 7) is 9.96. The topological polar surface area (TPSA) is 119 Å². The highest BCUT2D eigenvalue weighted by Gasteiger charge is 2.52. The molecule has 3 rings (SSSR count). The average molecular weight is 402 g/mol. The van der Waals surface area contributed by atoms with Crippen LogP contribution in [0.5, 0.6) is 0 Å². The largest absolute Gasteiger partial charge is 0.495 e. The molecule has 3 N–H and O–H groups in total. The summed E-state index contributed by atoms with van der Waals surface area (Å²) in [6, 6.07) is 2.68. The van der Waals surface area contributed by atoms with Crippen molar-refractivity contribution in [3.63, 3.8) is 0 Å². The minimum atomic E-state index is -1.04. The highest BCUT2D eigenvalue weighted by Crippen LogP contribution is 2.37. The highest BCUT2D eigenvalue weighted by atomic mass is 16.7. The SMILES string of the molecule is Cc1cc2c(cc1B1OC(C)(C)C(C)(C)O1)CN(C(CCC(=O)O)C(N)=O)C2=O. The van der Waals surface area contributed by atoms with Crippen LogP contribution in [-0.2, 0) is 25.4 Å². The third-order valence-electron chi connectivity index (χ3n) is 6.17. The van der Waals surface area contributed by atoms with Crippen molar-refractivity contribution in [2.24, 2.45) is 5.73 Å². The van der Waals surface area contributed by atoms with Crippen molar-refractivity contribution >= 4 is 30.4 Å². The second kappa shape index (κ2) is 7.14. The van der Waals surface area contributed by atoms with Crippen LogP contribution in [0, 0.1) is 6.92 Å². The van der Waals surface area contributed by atoms with Crippen LogP contribution in [0.25, 0.3) is 0 Å². The first-order chi connectivity index (χ1) is 13.3. The third kappa shape index (κ3) is 3.76. The van der Waals surface area contributed by atoms with Crippen LogP contribution < -0.4 is 11.2 Å². The van der Waals surface area contributed by atoms with Gasteiger partial charge in [-0.05, 0) is 58.1 Å². The fourth-order valence-electron chi connectivity index (χ4n) is 3.70. The lowest BCUT2D eigenvalue weighted by molar-refractivity contribution is -0.137. The van der Waals surface area contributed by atoms with Crippen molar-refractivity contribution < 1.29 is 28.8 Å². The third-order valence-corrected chi connectivity index (χ3v) is 6.17. The Labute approximate surface area is 170 Å². The summed E-state index contributed by atoms with van der Waals surface area (Å²) in [5, 5.41) is 8.92. The number of rotatable bonds is 6. The second-order valence-corrected chi connectivity index (χ2v) is 8.74. The molecule has 0 aliphatic carbocycles. The Morgan fingerprint density at radius 1 is 1.24 bits per heavy atom. The van der Waals surface area contributed by atoms with E-state index in [1.165, 1.54) is 4.90 Å². The van der Waals surface area contributed by atoms with Gasteiger partial charge in [-0.2, -0.15) is 0 Å².